The number of nitrogens with zero attached hydrogens (tertiary/aromatic N) is 1. The highest BCUT2D eigenvalue weighted by Gasteiger charge is 2.26. The Morgan fingerprint density at radius 2 is 2.24 bits per heavy atom. The second-order valence-electron chi connectivity index (χ2n) is 4.36. The zero-order valence-corrected chi connectivity index (χ0v) is 11.7. The van der Waals surface area contributed by atoms with E-state index in [-0.39, 0.29) is 18.3 Å². The van der Waals surface area contributed by atoms with Gasteiger partial charge >= 0.3 is 0 Å². The zero-order chi connectivity index (χ0) is 11.8. The van der Waals surface area contributed by atoms with Gasteiger partial charge in [-0.3, -0.25) is 4.79 Å². The number of carbonyl (C=O) groups is 1. The van der Waals surface area contributed by atoms with Gasteiger partial charge < -0.3 is 15.0 Å². The van der Waals surface area contributed by atoms with Crippen molar-refractivity contribution < 1.29 is 9.53 Å². The maximum absolute atomic E-state index is 12.2. The summed E-state index contributed by atoms with van der Waals surface area (Å²) in [7, 11) is 1.68. The van der Waals surface area contributed by atoms with Crippen molar-refractivity contribution in [1.29, 1.82) is 0 Å². The highest BCUT2D eigenvalue weighted by Crippen LogP contribution is 2.12. The van der Waals surface area contributed by atoms with Crippen LogP contribution in [0, 0.1) is 5.92 Å². The third-order valence-electron chi connectivity index (χ3n) is 3.07. The lowest BCUT2D eigenvalue weighted by atomic mass is 10.1. The molecule has 1 N–H and O–H groups in total. The molecule has 1 rings (SSSR count). The van der Waals surface area contributed by atoms with Crippen molar-refractivity contribution in [1.82, 2.24) is 10.2 Å². The first kappa shape index (κ1) is 16.7. The lowest BCUT2D eigenvalue weighted by molar-refractivity contribution is -0.135. The molecule has 0 saturated carbocycles. The zero-order valence-electron chi connectivity index (χ0n) is 10.9. The number of unbranched alkanes of at least 4 members (excludes halogenated alkanes) is 1. The SMILES string of the molecule is CCCCN(CCOC)C(=O)C1CCNC1.Cl. The number of ether oxygens (including phenoxy) is 1. The quantitative estimate of drug-likeness (QED) is 0.754. The molecular weight excluding hydrogens is 240 g/mol. The van der Waals surface area contributed by atoms with E-state index in [1.807, 2.05) is 4.90 Å². The summed E-state index contributed by atoms with van der Waals surface area (Å²) in [6, 6.07) is 0. The molecule has 1 aliphatic rings. The van der Waals surface area contributed by atoms with Gasteiger partial charge in [-0.25, -0.2) is 0 Å². The molecule has 1 amide bonds. The Morgan fingerprint density at radius 1 is 1.47 bits per heavy atom. The van der Waals surface area contributed by atoms with E-state index in [0.29, 0.717) is 12.5 Å². The van der Waals surface area contributed by atoms with Crippen molar-refractivity contribution in [2.45, 2.75) is 26.2 Å². The molecular formula is C12H25ClN2O2. The number of rotatable bonds is 7. The van der Waals surface area contributed by atoms with Crippen molar-refractivity contribution in [3.8, 4) is 0 Å². The third kappa shape index (κ3) is 5.70. The summed E-state index contributed by atoms with van der Waals surface area (Å²) in [5, 5.41) is 3.24. The number of amides is 1. The predicted octanol–water partition coefficient (Wildman–Crippen LogP) is 1.29. The second kappa shape index (κ2) is 9.68. The first-order valence-corrected chi connectivity index (χ1v) is 6.28. The molecule has 1 atom stereocenters. The van der Waals surface area contributed by atoms with Gasteiger partial charge in [-0.15, -0.1) is 12.4 Å². The molecule has 0 aromatic heterocycles. The summed E-state index contributed by atoms with van der Waals surface area (Å²) in [6.07, 6.45) is 3.18. The fourth-order valence-electron chi connectivity index (χ4n) is 2.01. The van der Waals surface area contributed by atoms with E-state index in [9.17, 15) is 4.79 Å². The van der Waals surface area contributed by atoms with Crippen LogP contribution in [0.3, 0.4) is 0 Å². The standard InChI is InChI=1S/C12H24N2O2.ClH/c1-3-4-7-14(8-9-16-2)12(15)11-5-6-13-10-11;/h11,13H,3-10H2,1-2H3;1H. The molecule has 1 fully saturated rings. The molecule has 0 spiro atoms. The highest BCUT2D eigenvalue weighted by atomic mass is 35.5. The van der Waals surface area contributed by atoms with Crippen molar-refractivity contribution in [3.05, 3.63) is 0 Å². The number of carbonyl (C=O) groups excluding carboxylic acids is 1. The van der Waals surface area contributed by atoms with Crippen LogP contribution in [0.4, 0.5) is 0 Å². The average Bonchev–Trinajstić information content (AvgIpc) is 2.82. The van der Waals surface area contributed by atoms with Gasteiger partial charge in [0, 0.05) is 26.7 Å². The van der Waals surface area contributed by atoms with Gasteiger partial charge in [-0.1, -0.05) is 13.3 Å². The van der Waals surface area contributed by atoms with Crippen LogP contribution in [-0.2, 0) is 9.53 Å². The van der Waals surface area contributed by atoms with E-state index in [2.05, 4.69) is 12.2 Å². The molecule has 1 unspecified atom stereocenters. The molecule has 0 bridgehead atoms. The van der Waals surface area contributed by atoms with Gasteiger partial charge in [-0.2, -0.15) is 0 Å². The van der Waals surface area contributed by atoms with Gasteiger partial charge in [-0.05, 0) is 19.4 Å². The van der Waals surface area contributed by atoms with Crippen LogP contribution in [0.25, 0.3) is 0 Å². The summed E-state index contributed by atoms with van der Waals surface area (Å²) < 4.78 is 5.06. The minimum Gasteiger partial charge on any atom is -0.383 e. The summed E-state index contributed by atoms with van der Waals surface area (Å²) in [6.45, 7) is 6.20. The Bertz CT molecular complexity index is 201. The molecule has 1 heterocycles. The lowest BCUT2D eigenvalue weighted by Gasteiger charge is -2.25. The van der Waals surface area contributed by atoms with Crippen molar-refractivity contribution in [2.24, 2.45) is 5.92 Å². The fraction of sp³-hybridized carbons (Fsp3) is 0.917. The van der Waals surface area contributed by atoms with E-state index < -0.39 is 0 Å². The van der Waals surface area contributed by atoms with Crippen molar-refractivity contribution in [3.63, 3.8) is 0 Å². The van der Waals surface area contributed by atoms with Crippen LogP contribution in [0.5, 0.6) is 0 Å². The Balaban J connectivity index is 0.00000256. The van der Waals surface area contributed by atoms with Gasteiger partial charge in [0.1, 0.15) is 0 Å². The topological polar surface area (TPSA) is 41.6 Å². The molecule has 5 heteroatoms. The number of nitrogens with one attached hydrogen (secondary N) is 1. The number of halogens is 1. The minimum atomic E-state index is 0. The molecule has 0 aromatic carbocycles. The molecule has 1 aliphatic heterocycles. The summed E-state index contributed by atoms with van der Waals surface area (Å²) in [5.74, 6) is 0.490. The minimum absolute atomic E-state index is 0. The second-order valence-corrected chi connectivity index (χ2v) is 4.36. The molecule has 0 aliphatic carbocycles. The molecule has 0 aromatic rings. The number of hydrogen-bond donors (Lipinski definition) is 1. The van der Waals surface area contributed by atoms with Gasteiger partial charge in [0.2, 0.25) is 5.91 Å². The first-order valence-electron chi connectivity index (χ1n) is 6.28. The van der Waals surface area contributed by atoms with Crippen molar-refractivity contribution in [2.75, 3.05) is 39.9 Å². The van der Waals surface area contributed by atoms with Crippen LogP contribution in [0.1, 0.15) is 26.2 Å². The van der Waals surface area contributed by atoms with E-state index in [1.165, 1.54) is 0 Å². The molecule has 0 radical (unpaired) electrons. The van der Waals surface area contributed by atoms with E-state index in [0.717, 1.165) is 45.4 Å². The van der Waals surface area contributed by atoms with Gasteiger partial charge in [0.15, 0.2) is 0 Å². The summed E-state index contributed by atoms with van der Waals surface area (Å²) in [5.41, 5.74) is 0. The Hall–Kier alpha value is -0.320. The smallest absolute Gasteiger partial charge is 0.227 e. The Kier molecular flexibility index (Phi) is 9.50. The van der Waals surface area contributed by atoms with E-state index >= 15 is 0 Å². The molecule has 1 saturated heterocycles. The normalized spacial score (nSPS) is 18.8. The fourth-order valence-corrected chi connectivity index (χ4v) is 2.01. The van der Waals surface area contributed by atoms with Crippen LogP contribution in [0.2, 0.25) is 0 Å². The maximum atomic E-state index is 12.2. The number of methoxy groups -OCH3 is 1. The molecule has 4 nitrogen and oxygen atoms in total. The Labute approximate surface area is 110 Å². The highest BCUT2D eigenvalue weighted by molar-refractivity contribution is 5.85. The molecule has 102 valence electrons. The van der Waals surface area contributed by atoms with Crippen molar-refractivity contribution >= 4 is 18.3 Å². The van der Waals surface area contributed by atoms with Gasteiger partial charge in [0.05, 0.1) is 12.5 Å². The Morgan fingerprint density at radius 3 is 2.76 bits per heavy atom. The maximum Gasteiger partial charge on any atom is 0.227 e. The van der Waals surface area contributed by atoms with Crippen LogP contribution < -0.4 is 5.32 Å². The largest absolute Gasteiger partial charge is 0.383 e. The first-order chi connectivity index (χ1) is 7.79. The molecule has 17 heavy (non-hydrogen) atoms. The van der Waals surface area contributed by atoms with E-state index in [1.54, 1.807) is 7.11 Å². The van der Waals surface area contributed by atoms with Crippen LogP contribution in [0.15, 0.2) is 0 Å². The lowest BCUT2D eigenvalue weighted by Crippen LogP contribution is -2.39. The summed E-state index contributed by atoms with van der Waals surface area (Å²) >= 11 is 0. The van der Waals surface area contributed by atoms with Crippen LogP contribution in [-0.4, -0.2) is 50.7 Å². The third-order valence-corrected chi connectivity index (χ3v) is 3.07. The predicted molar refractivity (Wildman–Crippen MR) is 71.6 cm³/mol. The number of hydrogen-bond acceptors (Lipinski definition) is 3. The average molecular weight is 265 g/mol. The van der Waals surface area contributed by atoms with Crippen LogP contribution >= 0.6 is 12.4 Å². The monoisotopic (exact) mass is 264 g/mol. The summed E-state index contributed by atoms with van der Waals surface area (Å²) in [4.78, 5) is 14.2. The van der Waals surface area contributed by atoms with E-state index in [4.69, 9.17) is 4.74 Å². The van der Waals surface area contributed by atoms with Gasteiger partial charge in [0.25, 0.3) is 0 Å².